The zero-order valence-electron chi connectivity index (χ0n) is 5.35. The monoisotopic (exact) mass is 256 g/mol. The molecular weight excluding hydrogens is 252 g/mol. The second-order valence-corrected chi connectivity index (χ2v) is 3.55. The van der Waals surface area contributed by atoms with Gasteiger partial charge in [0.1, 0.15) is 0 Å². The van der Waals surface area contributed by atoms with E-state index in [1.807, 2.05) is 0 Å². The quantitative estimate of drug-likeness (QED) is 0.425. The van der Waals surface area contributed by atoms with Gasteiger partial charge in [0, 0.05) is 0 Å². The van der Waals surface area contributed by atoms with Crippen LogP contribution in [0.2, 0.25) is 0 Å². The molecule has 0 radical (unpaired) electrons. The molecule has 0 fully saturated rings. The number of hydrogen-bond acceptors (Lipinski definition) is 5. The number of phosphoric acid groups is 2. The van der Waals surface area contributed by atoms with Gasteiger partial charge in [0.05, 0.1) is 7.82 Å². The molecule has 0 saturated carbocycles. The van der Waals surface area contributed by atoms with Crippen molar-refractivity contribution in [2.45, 2.75) is 0 Å². The van der Waals surface area contributed by atoms with Gasteiger partial charge in [-0.25, -0.2) is 4.57 Å². The summed E-state index contributed by atoms with van der Waals surface area (Å²) >= 11 is 0. The molecule has 0 spiro atoms. The summed E-state index contributed by atoms with van der Waals surface area (Å²) in [5.41, 5.74) is 0. The van der Waals surface area contributed by atoms with Gasteiger partial charge in [-0.2, -0.15) is 0 Å². The van der Waals surface area contributed by atoms with Crippen molar-refractivity contribution in [1.29, 1.82) is 0 Å². The van der Waals surface area contributed by atoms with Gasteiger partial charge < -0.3 is 24.1 Å². The Kier molecular flexibility index (Phi) is 15.1. The smallest absolute Gasteiger partial charge is 0.789 e. The molecule has 0 aromatic carbocycles. The molecule has 0 rings (SSSR count). The molecule has 0 unspecified atom stereocenters. The van der Waals surface area contributed by atoms with Crippen LogP contribution in [0.15, 0.2) is 0 Å². The Balaban J connectivity index is -0.000000107. The van der Waals surface area contributed by atoms with Gasteiger partial charge in [-0.1, -0.05) is 0 Å². The topological polar surface area (TPSA) is 130 Å². The minimum atomic E-state index is -5.55. The Hall–Kier alpha value is 1.38. The zero-order chi connectivity index (χ0) is 7.71. The van der Waals surface area contributed by atoms with Crippen molar-refractivity contribution in [2.75, 3.05) is 0 Å². The largest absolute Gasteiger partial charge is 2.00 e. The Labute approximate surface area is 95.3 Å². The van der Waals surface area contributed by atoms with E-state index in [2.05, 4.69) is 4.31 Å². The Morgan fingerprint density at radius 2 is 1.33 bits per heavy atom. The van der Waals surface area contributed by atoms with Gasteiger partial charge in [-0.3, -0.25) is 13.7 Å². The summed E-state index contributed by atoms with van der Waals surface area (Å²) in [4.78, 5) is 34.1. The van der Waals surface area contributed by atoms with E-state index in [9.17, 15) is 18.9 Å². The molecule has 0 aliphatic heterocycles. The molecule has 7 nitrogen and oxygen atoms in total. The van der Waals surface area contributed by atoms with E-state index < -0.39 is 15.6 Å². The molecule has 72 valence electrons. The van der Waals surface area contributed by atoms with Crippen LogP contribution in [-0.2, 0) is 13.4 Å². The first-order valence-corrected chi connectivity index (χ1v) is 4.49. The van der Waals surface area contributed by atoms with Gasteiger partial charge in [0.2, 0.25) is 0 Å². The van der Waals surface area contributed by atoms with Crippen molar-refractivity contribution in [2.24, 2.45) is 0 Å². The summed E-state index contributed by atoms with van der Waals surface area (Å²) in [6.07, 6.45) is 0. The second-order valence-electron chi connectivity index (χ2n) is 1.02. The molecule has 0 aromatic rings. The fraction of sp³-hybridized carbons (Fsp3) is 0. The molecular formula is H4CaF2O7P2. The standard InChI is InChI=1S/Ca.2FH.H4O7P2/c;;;1-8(2,3)7-9(4,5)6/h;2*1H;(H2,1,2,3)(H2,4,5,6)/q+2;;;/p-2. The van der Waals surface area contributed by atoms with Crippen LogP contribution < -0.4 is 9.79 Å². The van der Waals surface area contributed by atoms with E-state index in [0.717, 1.165) is 0 Å². The van der Waals surface area contributed by atoms with Crippen molar-refractivity contribution in [3.8, 4) is 0 Å². The minimum Gasteiger partial charge on any atom is -0.789 e. The molecule has 0 aromatic heterocycles. The van der Waals surface area contributed by atoms with Crippen LogP contribution in [0.5, 0.6) is 0 Å². The average Bonchev–Trinajstić information content (AvgIpc) is 1.14. The summed E-state index contributed by atoms with van der Waals surface area (Å²) in [6.45, 7) is 0. The van der Waals surface area contributed by atoms with Gasteiger partial charge >= 0.3 is 45.6 Å². The van der Waals surface area contributed by atoms with Crippen LogP contribution in [0.1, 0.15) is 0 Å². The summed E-state index contributed by atoms with van der Waals surface area (Å²) in [5.74, 6) is 0. The summed E-state index contributed by atoms with van der Waals surface area (Å²) < 4.78 is 21.7. The molecule has 0 aliphatic carbocycles. The van der Waals surface area contributed by atoms with Gasteiger partial charge in [0.15, 0.2) is 0 Å². The van der Waals surface area contributed by atoms with E-state index in [1.54, 1.807) is 0 Å². The molecule has 12 heteroatoms. The molecule has 0 heterocycles. The van der Waals surface area contributed by atoms with E-state index in [-0.39, 0.29) is 47.1 Å². The molecule has 0 amide bonds. The van der Waals surface area contributed by atoms with Crippen molar-refractivity contribution in [3.05, 3.63) is 0 Å². The van der Waals surface area contributed by atoms with Crippen LogP contribution >= 0.6 is 15.6 Å². The molecule has 0 atom stereocenters. The Morgan fingerprint density at radius 3 is 1.33 bits per heavy atom. The van der Waals surface area contributed by atoms with E-state index in [4.69, 9.17) is 9.79 Å². The third kappa shape index (κ3) is 22.5. The molecule has 0 bridgehead atoms. The fourth-order valence-corrected chi connectivity index (χ4v) is 1.17. The molecule has 2 N–H and O–H groups in total. The van der Waals surface area contributed by atoms with Gasteiger partial charge in [-0.05, 0) is 0 Å². The fourth-order valence-electron chi connectivity index (χ4n) is 0.130. The van der Waals surface area contributed by atoms with E-state index in [0.29, 0.717) is 0 Å². The van der Waals surface area contributed by atoms with Crippen molar-refractivity contribution < 1.29 is 42.4 Å². The van der Waals surface area contributed by atoms with Crippen molar-refractivity contribution in [1.82, 2.24) is 0 Å². The van der Waals surface area contributed by atoms with Gasteiger partial charge in [0.25, 0.3) is 0 Å². The summed E-state index contributed by atoms with van der Waals surface area (Å²) in [5, 5.41) is 0. The van der Waals surface area contributed by atoms with Gasteiger partial charge in [-0.15, -0.1) is 0 Å². The SMILES string of the molecule is F.F.O=P([O-])([O-])OP(=O)(O)O.[Ca+2]. The average molecular weight is 256 g/mol. The van der Waals surface area contributed by atoms with E-state index in [1.165, 1.54) is 0 Å². The van der Waals surface area contributed by atoms with Crippen LogP contribution in [0, 0.1) is 0 Å². The predicted molar refractivity (Wildman–Crippen MR) is 31.5 cm³/mol. The number of hydrogen-bond donors (Lipinski definition) is 2. The summed E-state index contributed by atoms with van der Waals surface area (Å²) in [7, 11) is -10.7. The third-order valence-corrected chi connectivity index (χ3v) is 1.86. The first-order valence-electron chi connectivity index (χ1n) is 1.50. The normalized spacial score (nSPS) is 10.3. The van der Waals surface area contributed by atoms with Crippen molar-refractivity contribution >= 4 is 53.4 Å². The zero-order valence-corrected chi connectivity index (χ0v) is 9.35. The second kappa shape index (κ2) is 7.75. The van der Waals surface area contributed by atoms with Crippen LogP contribution in [0.3, 0.4) is 0 Å². The summed E-state index contributed by atoms with van der Waals surface area (Å²) in [6, 6.07) is 0. The first-order chi connectivity index (χ1) is 3.71. The maximum atomic E-state index is 9.55. The third-order valence-electron chi connectivity index (χ3n) is 0.206. The molecule has 12 heavy (non-hydrogen) atoms. The maximum absolute atomic E-state index is 9.55. The molecule has 0 aliphatic rings. The van der Waals surface area contributed by atoms with E-state index >= 15 is 0 Å². The number of rotatable bonds is 2. The first kappa shape index (κ1) is 23.3. The molecule has 0 saturated heterocycles. The van der Waals surface area contributed by atoms with Crippen LogP contribution in [-0.4, -0.2) is 47.5 Å². The Morgan fingerprint density at radius 1 is 1.08 bits per heavy atom. The maximum Gasteiger partial charge on any atom is 2.00 e. The predicted octanol–water partition coefficient (Wildman–Crippen LogP) is -2.15. The van der Waals surface area contributed by atoms with Crippen LogP contribution in [0.25, 0.3) is 0 Å². The van der Waals surface area contributed by atoms with Crippen LogP contribution in [0.4, 0.5) is 9.41 Å². The van der Waals surface area contributed by atoms with Crippen molar-refractivity contribution in [3.63, 3.8) is 0 Å². The minimum absolute atomic E-state index is 0. The number of halogens is 2. The Bertz CT molecular complexity index is 160.